The molecule has 0 saturated carbocycles. The van der Waals surface area contributed by atoms with Gasteiger partial charge in [0.05, 0.1) is 12.5 Å². The Hall–Kier alpha value is -0.880. The summed E-state index contributed by atoms with van der Waals surface area (Å²) in [4.78, 5) is 3.76. The van der Waals surface area contributed by atoms with Gasteiger partial charge in [-0.1, -0.05) is 13.3 Å². The highest BCUT2D eigenvalue weighted by atomic mass is 32.2. The highest BCUT2D eigenvalue weighted by molar-refractivity contribution is 7.89. The minimum Gasteiger partial charge on any atom is -0.324 e. The second-order valence-corrected chi connectivity index (χ2v) is 4.81. The molecule has 1 heterocycles. The van der Waals surface area contributed by atoms with E-state index in [2.05, 4.69) is 9.71 Å². The van der Waals surface area contributed by atoms with E-state index in [1.807, 2.05) is 6.92 Å². The van der Waals surface area contributed by atoms with Crippen LogP contribution < -0.4 is 4.72 Å². The lowest BCUT2D eigenvalue weighted by atomic mass is 10.3. The molecule has 1 rings (SSSR count). The van der Waals surface area contributed by atoms with Gasteiger partial charge in [0.1, 0.15) is 0 Å². The molecule has 0 aliphatic carbocycles. The van der Waals surface area contributed by atoms with Gasteiger partial charge in [-0.15, -0.1) is 0 Å². The number of sulfonamides is 1. The van der Waals surface area contributed by atoms with Crippen LogP contribution in [-0.4, -0.2) is 24.5 Å². The van der Waals surface area contributed by atoms with E-state index in [-0.39, 0.29) is 6.45 Å². The van der Waals surface area contributed by atoms with Crippen molar-refractivity contribution in [1.29, 1.82) is 0 Å². The van der Waals surface area contributed by atoms with Gasteiger partial charge in [-0.25, -0.2) is 18.1 Å². The second-order valence-electron chi connectivity index (χ2n) is 3.09. The van der Waals surface area contributed by atoms with Crippen molar-refractivity contribution in [3.05, 3.63) is 12.5 Å². The Balaban J connectivity index is 0.00000196. The molecule has 82 valence electrons. The Morgan fingerprint density at radius 2 is 2.36 bits per heavy atom. The van der Waals surface area contributed by atoms with Crippen LogP contribution in [0, 0.1) is 0 Å². The van der Waals surface area contributed by atoms with Crippen molar-refractivity contribution in [1.82, 2.24) is 14.3 Å². The molecular weight excluding hydrogens is 202 g/mol. The number of nitrogens with zero attached hydrogens (tertiary/aromatic N) is 2. The molecule has 0 amide bonds. The first-order valence-corrected chi connectivity index (χ1v) is 6.02. The topological polar surface area (TPSA) is 64.0 Å². The van der Waals surface area contributed by atoms with Gasteiger partial charge in [0.15, 0.2) is 5.03 Å². The molecule has 0 unspecified atom stereocenters. The molecule has 0 spiro atoms. The van der Waals surface area contributed by atoms with Crippen LogP contribution in [-0.2, 0) is 17.1 Å². The predicted octanol–water partition coefficient (Wildman–Crippen LogP) is 0.745. The molecule has 0 aliphatic heterocycles. The maximum absolute atomic E-state index is 11.6. The minimum atomic E-state index is -3.37. The minimum absolute atomic E-state index is 0. The fraction of sp³-hybridized carbons (Fsp3) is 0.625. The summed E-state index contributed by atoms with van der Waals surface area (Å²) >= 11 is 0. The molecule has 0 aromatic carbocycles. The van der Waals surface area contributed by atoms with E-state index in [4.69, 9.17) is 0 Å². The van der Waals surface area contributed by atoms with Crippen molar-refractivity contribution < 1.29 is 9.84 Å². The van der Waals surface area contributed by atoms with Crippen molar-refractivity contribution >= 4 is 10.0 Å². The molecule has 0 radical (unpaired) electrons. The summed E-state index contributed by atoms with van der Waals surface area (Å²) in [6.45, 7) is 2.49. The monoisotopic (exact) mass is 219 g/mol. The van der Waals surface area contributed by atoms with Gasteiger partial charge in [0.2, 0.25) is 0 Å². The zero-order chi connectivity index (χ0) is 10.6. The van der Waals surface area contributed by atoms with Crippen LogP contribution in [0.3, 0.4) is 0 Å². The number of imidazole rings is 1. The summed E-state index contributed by atoms with van der Waals surface area (Å²) < 4.78 is 27.2. The van der Waals surface area contributed by atoms with Crippen molar-refractivity contribution in [3.8, 4) is 0 Å². The molecule has 0 bridgehead atoms. The fourth-order valence-electron chi connectivity index (χ4n) is 1.06. The average Bonchev–Trinajstić information content (AvgIpc) is 2.52. The van der Waals surface area contributed by atoms with Crippen LogP contribution in [0.1, 0.15) is 21.2 Å². The molecule has 0 atom stereocenters. The third kappa shape index (κ3) is 2.55. The van der Waals surface area contributed by atoms with Crippen LogP contribution in [0.15, 0.2) is 17.6 Å². The summed E-state index contributed by atoms with van der Waals surface area (Å²) in [5.74, 6) is 0. The van der Waals surface area contributed by atoms with Crippen LogP contribution in [0.5, 0.6) is 0 Å². The van der Waals surface area contributed by atoms with E-state index in [1.54, 1.807) is 7.05 Å². The highest BCUT2D eigenvalue weighted by Gasteiger charge is 2.16. The third-order valence-corrected chi connectivity index (χ3v) is 3.40. The van der Waals surface area contributed by atoms with Crippen molar-refractivity contribution in [2.75, 3.05) is 6.54 Å². The first kappa shape index (κ1) is 11.2. The van der Waals surface area contributed by atoms with Crippen LogP contribution >= 0.6 is 0 Å². The summed E-state index contributed by atoms with van der Waals surface area (Å²) in [7, 11) is -1.72. The van der Waals surface area contributed by atoms with Crippen molar-refractivity contribution in [2.24, 2.45) is 7.05 Å². The van der Waals surface area contributed by atoms with Gasteiger partial charge in [-0.2, -0.15) is 0 Å². The van der Waals surface area contributed by atoms with E-state index in [1.165, 1.54) is 17.1 Å². The second kappa shape index (κ2) is 4.56. The first-order valence-electron chi connectivity index (χ1n) is 4.54. The SMILES string of the molecule is CCCCNS(=O)(=O)c1cncn1C.[HH]. The Kier molecular flexibility index (Phi) is 3.65. The standard InChI is InChI=1S/C8H15N3O2S.H2/c1-3-4-5-10-14(12,13)8-6-9-7-11(8)2;/h6-7,10H,3-5H2,1-2H3;1H. The van der Waals surface area contributed by atoms with E-state index in [0.29, 0.717) is 6.54 Å². The Morgan fingerprint density at radius 1 is 1.64 bits per heavy atom. The molecule has 0 fully saturated rings. The van der Waals surface area contributed by atoms with Gasteiger partial charge in [-0.05, 0) is 6.42 Å². The van der Waals surface area contributed by atoms with Crippen LogP contribution in [0.4, 0.5) is 0 Å². The maximum Gasteiger partial charge on any atom is 0.257 e. The molecule has 5 nitrogen and oxygen atoms in total. The quantitative estimate of drug-likeness (QED) is 0.743. The summed E-state index contributed by atoms with van der Waals surface area (Å²) in [5, 5.41) is 0.202. The summed E-state index contributed by atoms with van der Waals surface area (Å²) in [6, 6.07) is 0. The normalized spacial score (nSPS) is 11.9. The van der Waals surface area contributed by atoms with Gasteiger partial charge < -0.3 is 4.57 Å². The lowest BCUT2D eigenvalue weighted by molar-refractivity contribution is 0.568. The van der Waals surface area contributed by atoms with Gasteiger partial charge in [-0.3, -0.25) is 0 Å². The largest absolute Gasteiger partial charge is 0.324 e. The number of rotatable bonds is 5. The highest BCUT2D eigenvalue weighted by Crippen LogP contribution is 2.05. The number of hydrogen-bond acceptors (Lipinski definition) is 3. The number of nitrogens with one attached hydrogen (secondary N) is 1. The fourth-order valence-corrected chi connectivity index (χ4v) is 2.25. The zero-order valence-electron chi connectivity index (χ0n) is 8.40. The number of aryl methyl sites for hydroxylation is 1. The molecule has 0 saturated heterocycles. The Morgan fingerprint density at radius 3 is 2.86 bits per heavy atom. The molecule has 1 aromatic rings. The van der Waals surface area contributed by atoms with Gasteiger partial charge >= 0.3 is 0 Å². The summed E-state index contributed by atoms with van der Waals surface area (Å²) in [5.41, 5.74) is 0. The number of unbranched alkanes of at least 4 members (excludes halogenated alkanes) is 1. The van der Waals surface area contributed by atoms with Crippen LogP contribution in [0.25, 0.3) is 0 Å². The smallest absolute Gasteiger partial charge is 0.257 e. The lowest BCUT2D eigenvalue weighted by Crippen LogP contribution is -2.26. The maximum atomic E-state index is 11.6. The number of hydrogen-bond donors (Lipinski definition) is 1. The molecular formula is C8H17N3O2S. The first-order chi connectivity index (χ1) is 6.58. The Labute approximate surface area is 85.7 Å². The van der Waals surface area contributed by atoms with E-state index < -0.39 is 10.0 Å². The Bertz CT molecular complexity index is 388. The van der Waals surface area contributed by atoms with Crippen molar-refractivity contribution in [3.63, 3.8) is 0 Å². The van der Waals surface area contributed by atoms with Crippen LogP contribution in [0.2, 0.25) is 0 Å². The van der Waals surface area contributed by atoms with Crippen molar-refractivity contribution in [2.45, 2.75) is 24.8 Å². The lowest BCUT2D eigenvalue weighted by Gasteiger charge is -2.05. The molecule has 1 N–H and O–H groups in total. The molecule has 6 heteroatoms. The molecule has 0 aliphatic rings. The third-order valence-electron chi connectivity index (χ3n) is 1.87. The van der Waals surface area contributed by atoms with Gasteiger partial charge in [0, 0.05) is 15.0 Å². The van der Waals surface area contributed by atoms with E-state index in [0.717, 1.165) is 12.8 Å². The molecule has 14 heavy (non-hydrogen) atoms. The average molecular weight is 219 g/mol. The number of aromatic nitrogens is 2. The van der Waals surface area contributed by atoms with Gasteiger partial charge in [0.25, 0.3) is 10.0 Å². The molecule has 1 aromatic heterocycles. The summed E-state index contributed by atoms with van der Waals surface area (Å²) in [6.07, 6.45) is 4.62. The zero-order valence-corrected chi connectivity index (χ0v) is 9.21. The van der Waals surface area contributed by atoms with E-state index in [9.17, 15) is 8.42 Å². The van der Waals surface area contributed by atoms with E-state index >= 15 is 0 Å². The predicted molar refractivity (Wildman–Crippen MR) is 55.4 cm³/mol.